The Balaban J connectivity index is 0.00000794. The maximum atomic E-state index is 14.2. The largest absolute Gasteiger partial charge is 2.00 e. The van der Waals surface area contributed by atoms with Gasteiger partial charge in [0, 0.05) is 55.2 Å². The minimum Gasteiger partial charge on any atom is -0.550 e. The first-order valence-corrected chi connectivity index (χ1v) is 22.0. The smallest absolute Gasteiger partial charge is 0.550 e. The van der Waals surface area contributed by atoms with E-state index in [1.54, 1.807) is 39.8 Å². The number of aromatic nitrogens is 4. The molecular weight excluding hydrogens is 847 g/mol. The van der Waals surface area contributed by atoms with Crippen molar-refractivity contribution in [1.82, 2.24) is 19.9 Å². The Morgan fingerprint density at radius 1 is 0.800 bits per heavy atom. The van der Waals surface area contributed by atoms with Crippen molar-refractivity contribution in [3.8, 4) is 22.5 Å². The SMILES string of the molecule is CC(C)c1nc(N(C)S(C)(=O)=O)nc(-c2ccc(F)cc2)c1/C=C/S(=O)(=O)N(C)c1nc(-c2ccc(F)cc2)c(/C=C/[C@@H]2C[C@H](CC(=O)[O-])OC(C)(C)O2)c(C(C)C)n1.[Ca+2]. The van der Waals surface area contributed by atoms with Crippen LogP contribution in [0.3, 0.4) is 0 Å². The molecule has 60 heavy (non-hydrogen) atoms. The summed E-state index contributed by atoms with van der Waals surface area (Å²) in [5, 5.41) is 12.3. The Kier molecular flexibility index (Phi) is 15.8. The predicted molar refractivity (Wildman–Crippen MR) is 225 cm³/mol. The Bertz CT molecular complexity index is 2490. The number of carboxylic acids is 1. The summed E-state index contributed by atoms with van der Waals surface area (Å²) in [5.74, 6) is -4.36. The quantitative estimate of drug-likeness (QED) is 0.142. The number of carboxylic acid groups (broad SMARTS) is 1. The van der Waals surface area contributed by atoms with Gasteiger partial charge in [-0.1, -0.05) is 39.8 Å². The molecule has 0 bridgehead atoms. The first kappa shape index (κ1) is 48.8. The topological polar surface area (TPSA) is 185 Å². The summed E-state index contributed by atoms with van der Waals surface area (Å²) in [6, 6.07) is 10.8. The van der Waals surface area contributed by atoms with Crippen LogP contribution in [0.5, 0.6) is 0 Å². The van der Waals surface area contributed by atoms with E-state index in [2.05, 4.69) is 9.97 Å². The molecule has 2 atom stereocenters. The molecule has 1 fully saturated rings. The summed E-state index contributed by atoms with van der Waals surface area (Å²) in [5.41, 5.74) is 2.84. The van der Waals surface area contributed by atoms with Gasteiger partial charge in [0.15, 0.2) is 5.79 Å². The summed E-state index contributed by atoms with van der Waals surface area (Å²) < 4.78 is 95.2. The van der Waals surface area contributed by atoms with Crippen LogP contribution in [0, 0.1) is 11.6 Å². The predicted octanol–water partition coefficient (Wildman–Crippen LogP) is 5.64. The maximum absolute atomic E-state index is 14.2. The van der Waals surface area contributed by atoms with Crippen LogP contribution in [-0.2, 0) is 34.3 Å². The molecule has 0 N–H and O–H groups in total. The van der Waals surface area contributed by atoms with Crippen LogP contribution in [0.4, 0.5) is 20.7 Å². The number of anilines is 2. The fraction of sp³-hybridized carbons (Fsp3) is 0.390. The molecule has 14 nitrogen and oxygen atoms in total. The Morgan fingerprint density at radius 2 is 1.25 bits per heavy atom. The van der Waals surface area contributed by atoms with Crippen molar-refractivity contribution in [1.29, 1.82) is 0 Å². The zero-order valence-electron chi connectivity index (χ0n) is 34.9. The normalized spacial score (nSPS) is 17.0. The number of benzene rings is 2. The van der Waals surface area contributed by atoms with Crippen LogP contribution < -0.4 is 13.7 Å². The van der Waals surface area contributed by atoms with Gasteiger partial charge in [0.2, 0.25) is 21.9 Å². The number of nitrogens with zero attached hydrogens (tertiary/aromatic N) is 6. The molecule has 0 aliphatic carbocycles. The minimum absolute atomic E-state index is 0. The molecule has 19 heteroatoms. The number of hydrogen-bond donors (Lipinski definition) is 0. The van der Waals surface area contributed by atoms with Crippen LogP contribution in [-0.4, -0.2) is 119 Å². The molecule has 0 radical (unpaired) electrons. The standard InChI is InChI=1S/C41H48F2N6O8S2.Ca/c1-24(2)35-32(19-18-30-22-31(23-34(50)51)57-41(5,6)56-30)37(26-10-14-28(42)15-11-26)47-40(45-35)49(8)59(54,55)21-20-33-36(25(3)4)44-39(48(7)58(9,52)53)46-38(33)27-12-16-29(43)17-13-27;/h10-21,24-25,30-31H,22-23H2,1-9H3,(H,50,51);/q;+2/p-1/b19-18+,21-20+;/t30-,31-;/m1./s1. The van der Waals surface area contributed by atoms with E-state index in [0.717, 1.165) is 20.3 Å². The second-order valence-electron chi connectivity index (χ2n) is 15.2. The van der Waals surface area contributed by atoms with Crippen LogP contribution in [0.1, 0.15) is 88.7 Å². The summed E-state index contributed by atoms with van der Waals surface area (Å²) in [7, 11) is -5.61. The van der Waals surface area contributed by atoms with E-state index in [9.17, 15) is 35.5 Å². The first-order chi connectivity index (χ1) is 27.5. The van der Waals surface area contributed by atoms with E-state index in [1.165, 1.54) is 68.7 Å². The van der Waals surface area contributed by atoms with Crippen molar-refractivity contribution >= 4 is 87.8 Å². The van der Waals surface area contributed by atoms with E-state index < -0.39 is 55.6 Å². The number of sulfonamides is 2. The summed E-state index contributed by atoms with van der Waals surface area (Å²) in [6.45, 7) is 10.7. The van der Waals surface area contributed by atoms with Gasteiger partial charge in [-0.05, 0) is 80.3 Å². The second-order valence-corrected chi connectivity index (χ2v) is 19.0. The Labute approximate surface area is 379 Å². The van der Waals surface area contributed by atoms with Gasteiger partial charge in [0.1, 0.15) is 11.6 Å². The van der Waals surface area contributed by atoms with Gasteiger partial charge in [-0.3, -0.25) is 0 Å². The van der Waals surface area contributed by atoms with Gasteiger partial charge < -0.3 is 19.4 Å². The van der Waals surface area contributed by atoms with E-state index in [1.807, 2.05) is 13.8 Å². The van der Waals surface area contributed by atoms with Crippen molar-refractivity contribution < 1.29 is 45.0 Å². The molecule has 316 valence electrons. The molecule has 2 aromatic carbocycles. The van der Waals surface area contributed by atoms with E-state index in [4.69, 9.17) is 19.4 Å². The third-order valence-corrected chi connectivity index (χ3v) is 11.9. The number of halogens is 2. The first-order valence-electron chi connectivity index (χ1n) is 18.7. The average Bonchev–Trinajstić information content (AvgIpc) is 3.14. The number of aliphatic carboxylic acids is 1. The van der Waals surface area contributed by atoms with Crippen molar-refractivity contribution in [2.75, 3.05) is 29.0 Å². The fourth-order valence-electron chi connectivity index (χ4n) is 6.38. The van der Waals surface area contributed by atoms with E-state index >= 15 is 0 Å². The number of ether oxygens (including phenoxy) is 2. The zero-order valence-corrected chi connectivity index (χ0v) is 38.7. The zero-order chi connectivity index (χ0) is 43.6. The van der Waals surface area contributed by atoms with Crippen LogP contribution >= 0.6 is 0 Å². The molecule has 0 unspecified atom stereocenters. The average molecular weight is 894 g/mol. The number of carbonyl (C=O) groups is 1. The molecule has 1 saturated heterocycles. The van der Waals surface area contributed by atoms with Gasteiger partial charge in [-0.15, -0.1) is 0 Å². The summed E-state index contributed by atoms with van der Waals surface area (Å²) in [6.07, 6.45) is 4.38. The van der Waals surface area contributed by atoms with Crippen molar-refractivity contribution in [3.05, 3.63) is 94.2 Å². The Hall–Kier alpha value is -3.91. The summed E-state index contributed by atoms with van der Waals surface area (Å²) in [4.78, 5) is 29.8. The Morgan fingerprint density at radius 3 is 1.68 bits per heavy atom. The molecule has 0 amide bonds. The van der Waals surface area contributed by atoms with Crippen molar-refractivity contribution in [2.45, 2.75) is 84.2 Å². The molecule has 0 saturated carbocycles. The fourth-order valence-corrected chi connectivity index (χ4v) is 7.56. The minimum atomic E-state index is -4.39. The third-order valence-electron chi connectivity index (χ3n) is 9.36. The number of carbonyl (C=O) groups excluding carboxylic acids is 1. The van der Waals surface area contributed by atoms with E-state index in [-0.39, 0.29) is 85.6 Å². The van der Waals surface area contributed by atoms with Gasteiger partial charge in [-0.2, -0.15) is 0 Å². The molecule has 4 aromatic rings. The molecule has 0 spiro atoms. The van der Waals surface area contributed by atoms with Gasteiger partial charge in [-0.25, -0.2) is 54.2 Å². The molecule has 1 aliphatic heterocycles. The van der Waals surface area contributed by atoms with Crippen LogP contribution in [0.25, 0.3) is 34.7 Å². The number of hydrogen-bond acceptors (Lipinski definition) is 12. The molecule has 2 aromatic heterocycles. The maximum Gasteiger partial charge on any atom is 2.00 e. The summed E-state index contributed by atoms with van der Waals surface area (Å²) >= 11 is 0. The third kappa shape index (κ3) is 11.9. The van der Waals surface area contributed by atoms with Crippen LogP contribution in [0.2, 0.25) is 0 Å². The van der Waals surface area contributed by atoms with Crippen molar-refractivity contribution in [3.63, 3.8) is 0 Å². The molecule has 3 heterocycles. The molecular formula is C41H47CaF2N6O8S2+. The van der Waals surface area contributed by atoms with Crippen LogP contribution in [0.15, 0.2) is 60.0 Å². The van der Waals surface area contributed by atoms with Gasteiger partial charge in [0.25, 0.3) is 10.0 Å². The molecule has 5 rings (SSSR count). The second kappa shape index (κ2) is 19.4. The van der Waals surface area contributed by atoms with Crippen molar-refractivity contribution in [2.24, 2.45) is 0 Å². The number of rotatable bonds is 14. The van der Waals surface area contributed by atoms with Gasteiger partial charge >= 0.3 is 37.7 Å². The van der Waals surface area contributed by atoms with E-state index in [0.29, 0.717) is 33.8 Å². The molecule has 1 aliphatic rings. The monoisotopic (exact) mass is 893 g/mol. The van der Waals surface area contributed by atoms with Gasteiger partial charge in [0.05, 0.1) is 46.6 Å².